The van der Waals surface area contributed by atoms with E-state index in [0.29, 0.717) is 22.8 Å². The van der Waals surface area contributed by atoms with Crippen LogP contribution in [0.25, 0.3) is 0 Å². The minimum atomic E-state index is 0.554. The lowest BCUT2D eigenvalue weighted by molar-refractivity contribution is 1.31. The van der Waals surface area contributed by atoms with Gasteiger partial charge in [0.2, 0.25) is 0 Å². The number of rotatable bonds is 2. The van der Waals surface area contributed by atoms with E-state index >= 15 is 0 Å². The molecule has 0 bridgehead atoms. The molecule has 0 amide bonds. The summed E-state index contributed by atoms with van der Waals surface area (Å²) >= 11 is 3.32. The Kier molecular flexibility index (Phi) is 3.26. The monoisotopic (exact) mass is 288 g/mol. The minimum Gasteiger partial charge on any atom is -0.397 e. The highest BCUT2D eigenvalue weighted by molar-refractivity contribution is 9.10. The van der Waals surface area contributed by atoms with Crippen LogP contribution in [-0.2, 0) is 0 Å². The molecular weight excluding hydrogens is 280 g/mol. The number of benzene rings is 1. The van der Waals surface area contributed by atoms with Gasteiger partial charge in [-0.1, -0.05) is 15.9 Å². The van der Waals surface area contributed by atoms with E-state index in [1.54, 1.807) is 24.4 Å². The Labute approximate surface area is 107 Å². The van der Waals surface area contributed by atoms with Crippen LogP contribution in [0.15, 0.2) is 41.0 Å². The van der Waals surface area contributed by atoms with Gasteiger partial charge in [0.05, 0.1) is 23.1 Å². The highest BCUT2D eigenvalue weighted by Gasteiger charge is 2.03. The third kappa shape index (κ3) is 2.74. The summed E-state index contributed by atoms with van der Waals surface area (Å²) in [6, 6.07) is 11.1. The van der Waals surface area contributed by atoms with Crippen LogP contribution in [0.2, 0.25) is 0 Å². The topological polar surface area (TPSA) is 74.7 Å². The van der Waals surface area contributed by atoms with Gasteiger partial charge >= 0.3 is 0 Å². The first-order chi connectivity index (χ1) is 8.19. The number of halogens is 1. The number of aromatic nitrogens is 1. The average Bonchev–Trinajstić information content (AvgIpc) is 2.34. The van der Waals surface area contributed by atoms with Crippen molar-refractivity contribution in [3.63, 3.8) is 0 Å². The molecule has 0 saturated carbocycles. The second-order valence-electron chi connectivity index (χ2n) is 3.40. The lowest BCUT2D eigenvalue weighted by atomic mass is 10.2. The molecule has 3 N–H and O–H groups in total. The van der Waals surface area contributed by atoms with Crippen molar-refractivity contribution in [3.8, 4) is 6.07 Å². The van der Waals surface area contributed by atoms with Crippen LogP contribution in [0.1, 0.15) is 5.56 Å². The van der Waals surface area contributed by atoms with Gasteiger partial charge in [0.25, 0.3) is 0 Å². The fourth-order valence-electron chi connectivity index (χ4n) is 1.34. The molecular formula is C12H9BrN4. The van der Waals surface area contributed by atoms with Gasteiger partial charge in [0.15, 0.2) is 0 Å². The van der Waals surface area contributed by atoms with Crippen molar-refractivity contribution in [2.24, 2.45) is 0 Å². The molecule has 4 nitrogen and oxygen atoms in total. The zero-order valence-electron chi connectivity index (χ0n) is 8.81. The van der Waals surface area contributed by atoms with E-state index in [1.807, 2.05) is 12.1 Å². The predicted molar refractivity (Wildman–Crippen MR) is 70.8 cm³/mol. The van der Waals surface area contributed by atoms with Crippen LogP contribution in [0.4, 0.5) is 17.2 Å². The fourth-order valence-corrected chi connectivity index (χ4v) is 1.70. The van der Waals surface area contributed by atoms with Gasteiger partial charge in [-0.25, -0.2) is 4.98 Å². The lowest BCUT2D eigenvalue weighted by Gasteiger charge is -2.07. The van der Waals surface area contributed by atoms with E-state index in [2.05, 4.69) is 32.3 Å². The molecule has 0 spiro atoms. The zero-order chi connectivity index (χ0) is 12.3. The molecule has 0 aliphatic heterocycles. The number of nitrogen functional groups attached to an aromatic ring is 1. The van der Waals surface area contributed by atoms with E-state index in [0.717, 1.165) is 4.47 Å². The number of hydrogen-bond donors (Lipinski definition) is 2. The second kappa shape index (κ2) is 4.85. The van der Waals surface area contributed by atoms with Gasteiger partial charge in [-0.3, -0.25) is 0 Å². The smallest absolute Gasteiger partial charge is 0.130 e. The molecule has 1 heterocycles. The van der Waals surface area contributed by atoms with Gasteiger partial charge in [0.1, 0.15) is 11.9 Å². The van der Waals surface area contributed by atoms with Crippen LogP contribution in [0.3, 0.4) is 0 Å². The Hall–Kier alpha value is -2.06. The maximum absolute atomic E-state index is 9.01. The maximum atomic E-state index is 9.01. The van der Waals surface area contributed by atoms with E-state index in [-0.39, 0.29) is 0 Å². The summed E-state index contributed by atoms with van der Waals surface area (Å²) in [4.78, 5) is 4.11. The number of nitrogens with two attached hydrogens (primary N) is 1. The normalized spacial score (nSPS) is 9.65. The van der Waals surface area contributed by atoms with Crippen molar-refractivity contribution < 1.29 is 0 Å². The van der Waals surface area contributed by atoms with Crippen LogP contribution < -0.4 is 11.1 Å². The Bertz CT molecular complexity index is 572. The van der Waals surface area contributed by atoms with Crippen LogP contribution in [-0.4, -0.2) is 4.98 Å². The Morgan fingerprint density at radius 1 is 1.29 bits per heavy atom. The van der Waals surface area contributed by atoms with Crippen molar-refractivity contribution in [1.29, 1.82) is 5.26 Å². The predicted octanol–water partition coefficient (Wildman–Crippen LogP) is 3.04. The summed E-state index contributed by atoms with van der Waals surface area (Å²) in [5.41, 5.74) is 7.42. The summed E-state index contributed by atoms with van der Waals surface area (Å²) in [7, 11) is 0. The first-order valence-corrected chi connectivity index (χ1v) is 5.66. The molecule has 0 unspecified atom stereocenters. The quantitative estimate of drug-likeness (QED) is 0.891. The molecule has 0 aliphatic carbocycles. The fraction of sp³-hybridized carbons (Fsp3) is 0. The standard InChI is InChI=1S/C12H9BrN4/c13-9-1-3-11(8(5-9)6-14)17-12-4-2-10(15)7-16-12/h1-5,7H,15H2,(H,16,17). The van der Waals surface area contributed by atoms with Crippen LogP contribution in [0, 0.1) is 11.3 Å². The molecule has 0 aliphatic rings. The Morgan fingerprint density at radius 2 is 2.12 bits per heavy atom. The molecule has 0 fully saturated rings. The second-order valence-corrected chi connectivity index (χ2v) is 4.32. The number of anilines is 3. The molecule has 0 radical (unpaired) electrons. The summed E-state index contributed by atoms with van der Waals surface area (Å²) in [5, 5.41) is 12.1. The van der Waals surface area contributed by atoms with Crippen LogP contribution >= 0.6 is 15.9 Å². The largest absolute Gasteiger partial charge is 0.397 e. The number of nitrogens with zero attached hydrogens (tertiary/aromatic N) is 2. The Balaban J connectivity index is 2.30. The molecule has 1 aromatic carbocycles. The first kappa shape index (κ1) is 11.4. The third-order valence-corrected chi connectivity index (χ3v) is 2.64. The third-order valence-electron chi connectivity index (χ3n) is 2.15. The van der Waals surface area contributed by atoms with Crippen molar-refractivity contribution in [3.05, 3.63) is 46.6 Å². The first-order valence-electron chi connectivity index (χ1n) is 4.87. The number of nitrogens with one attached hydrogen (secondary N) is 1. The highest BCUT2D eigenvalue weighted by atomic mass is 79.9. The highest BCUT2D eigenvalue weighted by Crippen LogP contribution is 2.23. The van der Waals surface area contributed by atoms with E-state index in [1.165, 1.54) is 0 Å². The van der Waals surface area contributed by atoms with Gasteiger partial charge in [-0.05, 0) is 30.3 Å². The van der Waals surface area contributed by atoms with Crippen LogP contribution in [0.5, 0.6) is 0 Å². The minimum absolute atomic E-state index is 0.554. The van der Waals surface area contributed by atoms with E-state index in [4.69, 9.17) is 11.0 Å². The number of nitriles is 1. The summed E-state index contributed by atoms with van der Waals surface area (Å²) < 4.78 is 0.866. The average molecular weight is 289 g/mol. The Morgan fingerprint density at radius 3 is 2.76 bits per heavy atom. The number of hydrogen-bond acceptors (Lipinski definition) is 4. The molecule has 1 aromatic heterocycles. The van der Waals surface area contributed by atoms with Crippen molar-refractivity contribution >= 4 is 33.1 Å². The van der Waals surface area contributed by atoms with Gasteiger partial charge < -0.3 is 11.1 Å². The molecule has 2 rings (SSSR count). The molecule has 5 heteroatoms. The number of pyridine rings is 1. The summed E-state index contributed by atoms with van der Waals surface area (Å²) in [5.74, 6) is 0.651. The van der Waals surface area contributed by atoms with Gasteiger partial charge in [0, 0.05) is 4.47 Å². The van der Waals surface area contributed by atoms with E-state index < -0.39 is 0 Å². The summed E-state index contributed by atoms with van der Waals surface area (Å²) in [6.07, 6.45) is 1.56. The SMILES string of the molecule is N#Cc1cc(Br)ccc1Nc1ccc(N)cn1. The molecule has 17 heavy (non-hydrogen) atoms. The van der Waals surface area contributed by atoms with Gasteiger partial charge in [-0.15, -0.1) is 0 Å². The van der Waals surface area contributed by atoms with Crippen molar-refractivity contribution in [1.82, 2.24) is 4.98 Å². The summed E-state index contributed by atoms with van der Waals surface area (Å²) in [6.45, 7) is 0. The maximum Gasteiger partial charge on any atom is 0.130 e. The molecule has 84 valence electrons. The van der Waals surface area contributed by atoms with Gasteiger partial charge in [-0.2, -0.15) is 5.26 Å². The van der Waals surface area contributed by atoms with Crippen molar-refractivity contribution in [2.75, 3.05) is 11.1 Å². The zero-order valence-corrected chi connectivity index (χ0v) is 10.4. The molecule has 0 atom stereocenters. The van der Waals surface area contributed by atoms with Crippen molar-refractivity contribution in [2.45, 2.75) is 0 Å². The van der Waals surface area contributed by atoms with E-state index in [9.17, 15) is 0 Å². The molecule has 2 aromatic rings. The molecule has 0 saturated heterocycles. The lowest BCUT2D eigenvalue weighted by Crippen LogP contribution is -1.96.